The lowest BCUT2D eigenvalue weighted by Gasteiger charge is -2.72. The summed E-state index contributed by atoms with van der Waals surface area (Å²) in [6.45, 7) is 23.3. The minimum absolute atomic E-state index is 0.0247. The van der Waals surface area contributed by atoms with Crippen LogP contribution < -0.4 is 0 Å². The van der Waals surface area contributed by atoms with Crippen LogP contribution >= 0.6 is 0 Å². The highest BCUT2D eigenvalue weighted by molar-refractivity contribution is 6.00. The Morgan fingerprint density at radius 1 is 0.862 bits per heavy atom. The van der Waals surface area contributed by atoms with Crippen molar-refractivity contribution >= 4 is 17.7 Å². The number of ether oxygens (including phenoxy) is 1. The van der Waals surface area contributed by atoms with Gasteiger partial charge in [0.05, 0.1) is 17.9 Å². The highest BCUT2D eigenvalue weighted by Gasteiger charge is 2.71. The molecular formula is C48H74N4O6. The van der Waals surface area contributed by atoms with E-state index in [4.69, 9.17) is 4.74 Å². The molecule has 11 atom stereocenters. The Kier molecular flexibility index (Phi) is 11.3. The first kappa shape index (κ1) is 43.4. The number of fused-ring (bicyclic) bond motifs is 7. The molecule has 322 valence electrons. The molecule has 58 heavy (non-hydrogen) atoms. The number of Topliss-reactive ketones (excluding diaryl/α,β-unsaturated/α-hetero) is 1. The number of aliphatic hydroxyl groups excluding tert-OH is 1. The molecule has 0 unspecified atom stereocenters. The van der Waals surface area contributed by atoms with E-state index < -0.39 is 28.8 Å². The molecule has 1 aromatic rings. The van der Waals surface area contributed by atoms with Gasteiger partial charge in [-0.3, -0.25) is 19.3 Å². The van der Waals surface area contributed by atoms with Gasteiger partial charge in [0, 0.05) is 61.4 Å². The molecule has 0 spiro atoms. The third-order valence-electron chi connectivity index (χ3n) is 18.5. The summed E-state index contributed by atoms with van der Waals surface area (Å²) in [7, 11) is 4.16. The number of carboxylic acids is 1. The predicted molar refractivity (Wildman–Crippen MR) is 224 cm³/mol. The van der Waals surface area contributed by atoms with E-state index in [1.807, 2.05) is 26.2 Å². The molecule has 6 aliphatic carbocycles. The Labute approximate surface area is 348 Å². The number of likely N-dealkylation sites (N-methyl/N-ethyl adjacent to an activating group) is 1. The second-order valence-corrected chi connectivity index (χ2v) is 22.4. The summed E-state index contributed by atoms with van der Waals surface area (Å²) in [6, 6.07) is 0. The second kappa shape index (κ2) is 15.0. The number of aliphatic hydroxyl groups is 1. The van der Waals surface area contributed by atoms with Gasteiger partial charge in [0.15, 0.2) is 5.78 Å². The summed E-state index contributed by atoms with van der Waals surface area (Å²) in [6.07, 6.45) is 13.1. The summed E-state index contributed by atoms with van der Waals surface area (Å²) in [5.74, 6) is -0.487. The molecule has 0 aliphatic heterocycles. The fourth-order valence-corrected chi connectivity index (χ4v) is 14.9. The molecule has 7 rings (SSSR count). The summed E-state index contributed by atoms with van der Waals surface area (Å²) in [5, 5.41) is 22.4. The molecule has 5 saturated carbocycles. The number of nitrogens with zero attached hydrogens (tertiary/aromatic N) is 4. The highest BCUT2D eigenvalue weighted by atomic mass is 16.5. The molecule has 0 bridgehead atoms. The van der Waals surface area contributed by atoms with Crippen LogP contribution in [0.15, 0.2) is 29.9 Å². The first-order valence-corrected chi connectivity index (χ1v) is 22.5. The first-order valence-electron chi connectivity index (χ1n) is 22.5. The number of hydrogen-bond donors (Lipinski definition) is 2. The molecule has 0 radical (unpaired) electrons. The Morgan fingerprint density at radius 3 is 2.17 bits per heavy atom. The van der Waals surface area contributed by atoms with Crippen LogP contribution in [0.4, 0.5) is 0 Å². The van der Waals surface area contributed by atoms with E-state index in [2.05, 4.69) is 82.3 Å². The normalized spacial score (nSPS) is 39.4. The fraction of sp³-hybridized carbons (Fsp3) is 0.812. The van der Waals surface area contributed by atoms with E-state index >= 15 is 0 Å². The average molecular weight is 803 g/mol. The second-order valence-electron chi connectivity index (χ2n) is 22.4. The quantitative estimate of drug-likeness (QED) is 0.202. The van der Waals surface area contributed by atoms with Crippen LogP contribution in [0.3, 0.4) is 0 Å². The van der Waals surface area contributed by atoms with E-state index in [9.17, 15) is 24.6 Å². The van der Waals surface area contributed by atoms with Gasteiger partial charge in [0.1, 0.15) is 12.4 Å². The summed E-state index contributed by atoms with van der Waals surface area (Å²) < 4.78 is 6.44. The monoisotopic (exact) mass is 803 g/mol. The number of carbonyl (C=O) groups excluding carboxylic acids is 2. The van der Waals surface area contributed by atoms with E-state index in [1.54, 1.807) is 6.33 Å². The van der Waals surface area contributed by atoms with E-state index in [-0.39, 0.29) is 57.3 Å². The van der Waals surface area contributed by atoms with Crippen molar-refractivity contribution in [1.82, 2.24) is 19.8 Å². The highest BCUT2D eigenvalue weighted by Crippen LogP contribution is 2.77. The zero-order chi connectivity index (χ0) is 42.4. The van der Waals surface area contributed by atoms with Gasteiger partial charge in [0.2, 0.25) is 0 Å². The molecule has 0 aromatic carbocycles. The zero-order valence-electron chi connectivity index (χ0n) is 37.6. The largest absolute Gasteiger partial charge is 0.481 e. The third kappa shape index (κ3) is 6.63. The minimum atomic E-state index is -0.829. The molecule has 2 N–H and O–H groups in total. The van der Waals surface area contributed by atoms with E-state index in [0.717, 1.165) is 75.6 Å². The molecule has 5 fully saturated rings. The maximum absolute atomic E-state index is 14.3. The number of esters is 1. The van der Waals surface area contributed by atoms with Gasteiger partial charge in [-0.05, 0) is 123 Å². The molecule has 0 saturated heterocycles. The van der Waals surface area contributed by atoms with Crippen LogP contribution in [0.5, 0.6) is 0 Å². The van der Waals surface area contributed by atoms with Crippen LogP contribution in [0.1, 0.15) is 132 Å². The van der Waals surface area contributed by atoms with Gasteiger partial charge >= 0.3 is 11.9 Å². The van der Waals surface area contributed by atoms with Gasteiger partial charge in [-0.2, -0.15) is 0 Å². The number of rotatable bonds is 12. The number of carboxylic acid groups (broad SMARTS) is 1. The van der Waals surface area contributed by atoms with Crippen LogP contribution in [0, 0.1) is 68.0 Å². The lowest BCUT2D eigenvalue weighted by molar-refractivity contribution is -0.238. The molecule has 10 nitrogen and oxygen atoms in total. The number of ketones is 1. The number of carbonyl (C=O) groups is 3. The molecule has 0 amide bonds. The number of allylic oxidation sites excluding steroid dienone is 1. The molecule has 10 heteroatoms. The van der Waals surface area contributed by atoms with E-state index in [0.29, 0.717) is 37.8 Å². The van der Waals surface area contributed by atoms with Crippen molar-refractivity contribution in [3.8, 4) is 0 Å². The van der Waals surface area contributed by atoms with Crippen LogP contribution in [0.25, 0.3) is 0 Å². The number of aliphatic carboxylic acids is 1. The topological polar surface area (TPSA) is 133 Å². The van der Waals surface area contributed by atoms with E-state index in [1.165, 1.54) is 5.57 Å². The van der Waals surface area contributed by atoms with Crippen molar-refractivity contribution in [2.24, 2.45) is 68.0 Å². The molecular weight excluding hydrogens is 729 g/mol. The van der Waals surface area contributed by atoms with Crippen molar-refractivity contribution in [3.05, 3.63) is 35.4 Å². The van der Waals surface area contributed by atoms with Crippen molar-refractivity contribution < 1.29 is 29.3 Å². The predicted octanol–water partition coefficient (Wildman–Crippen LogP) is 7.84. The molecule has 1 aromatic heterocycles. The van der Waals surface area contributed by atoms with Gasteiger partial charge in [0.25, 0.3) is 0 Å². The van der Waals surface area contributed by atoms with Crippen LogP contribution in [-0.2, 0) is 25.7 Å². The van der Waals surface area contributed by atoms with Crippen molar-refractivity contribution in [3.63, 3.8) is 0 Å². The Morgan fingerprint density at radius 2 is 1.55 bits per heavy atom. The van der Waals surface area contributed by atoms with Crippen molar-refractivity contribution in [2.75, 3.05) is 33.7 Å². The lowest BCUT2D eigenvalue weighted by atomic mass is 9.33. The minimum Gasteiger partial charge on any atom is -0.481 e. The Hall–Kier alpha value is -2.69. The first-order chi connectivity index (χ1) is 27.0. The number of aromatic nitrogens is 2. The maximum atomic E-state index is 14.3. The molecule has 6 aliphatic rings. The Bertz CT molecular complexity index is 1790. The van der Waals surface area contributed by atoms with Gasteiger partial charge in [-0.1, -0.05) is 67.9 Å². The van der Waals surface area contributed by atoms with Crippen molar-refractivity contribution in [1.29, 1.82) is 0 Å². The Balaban J connectivity index is 1.15. The summed E-state index contributed by atoms with van der Waals surface area (Å²) in [4.78, 5) is 52.8. The maximum Gasteiger partial charge on any atom is 0.309 e. The van der Waals surface area contributed by atoms with Gasteiger partial charge in [-0.15, -0.1) is 0 Å². The summed E-state index contributed by atoms with van der Waals surface area (Å²) in [5.41, 5.74) is 2.03. The third-order valence-corrected chi connectivity index (χ3v) is 18.5. The smallest absolute Gasteiger partial charge is 0.309 e. The standard InChI is InChI=1S/C48H74N4O6/c1-29(2)39-34(53)23-48(37(54)27-52(21-20-51(10)11)26-30-24-49-28-50-25-30)19-18-46(8)31(40(39)48)12-13-36-45(7)16-15-38(44(5,6)35(45)14-17-47(36,46)9)58-42(57)33-22-32(41(55)56)43(33,3)4/h24-25,28-29,31-33,35-38,54H,12-23,26-27H2,1-11H3,(H,55,56)/t31-,32+,33-,35+,36-,37+,38+,45+,46-,47-,48+/m1/s1. The summed E-state index contributed by atoms with van der Waals surface area (Å²) >= 11 is 0. The lowest BCUT2D eigenvalue weighted by Crippen LogP contribution is -2.66. The molecule has 1 heterocycles. The number of hydrogen-bond acceptors (Lipinski definition) is 9. The fourth-order valence-electron chi connectivity index (χ4n) is 14.9. The SMILES string of the molecule is CC(C)C1=C2[C@H]3CC[C@@H]4[C@@]5(C)CC[C@H](OC(=O)[C@H]6C[C@@H](C(=O)O)C6(C)C)C(C)(C)[C@@H]5CC[C@@]4(C)[C@]3(C)CC[C@@]2([C@@H](O)CN(CCN(C)C)Cc2cncnc2)CC1=O. The van der Waals surface area contributed by atoms with Gasteiger partial charge < -0.3 is 19.8 Å². The van der Waals surface area contributed by atoms with Crippen molar-refractivity contribution in [2.45, 2.75) is 145 Å². The van der Waals surface area contributed by atoms with Crippen LogP contribution in [-0.4, -0.2) is 93.6 Å². The zero-order valence-corrected chi connectivity index (χ0v) is 37.6. The van der Waals surface area contributed by atoms with Crippen LogP contribution in [0.2, 0.25) is 0 Å². The van der Waals surface area contributed by atoms with Gasteiger partial charge in [-0.25, -0.2) is 9.97 Å². The average Bonchev–Trinajstić information content (AvgIpc) is 3.45.